The molecule has 0 heterocycles. The van der Waals surface area contributed by atoms with E-state index in [1.165, 1.54) is 19.8 Å². The van der Waals surface area contributed by atoms with Gasteiger partial charge in [-0.05, 0) is 38.0 Å². The van der Waals surface area contributed by atoms with Gasteiger partial charge in [-0.3, -0.25) is 4.79 Å². The van der Waals surface area contributed by atoms with Gasteiger partial charge in [-0.15, -0.1) is 0 Å². The molecule has 0 N–H and O–H groups in total. The van der Waals surface area contributed by atoms with Crippen LogP contribution in [-0.4, -0.2) is 26.2 Å². The molecule has 2 saturated carbocycles. The standard InChI is InChI=1S/C14H18O4/c1-17-12(15)10-8-4-3-6-14(13(16)18-2)7-5-9(10)11(8)14/h9,11H,3-7H2,1-2H3/t9-,11+,14+/m0/s1. The summed E-state index contributed by atoms with van der Waals surface area (Å²) in [6.45, 7) is 0. The summed E-state index contributed by atoms with van der Waals surface area (Å²) in [7, 11) is 2.89. The van der Waals surface area contributed by atoms with Crippen LogP contribution in [0.3, 0.4) is 0 Å². The quantitative estimate of drug-likeness (QED) is 0.702. The Kier molecular flexibility index (Phi) is 2.50. The summed E-state index contributed by atoms with van der Waals surface area (Å²) in [5, 5.41) is 0. The number of hydrogen-bond acceptors (Lipinski definition) is 4. The number of esters is 2. The monoisotopic (exact) mass is 250 g/mol. The maximum atomic E-state index is 12.1. The minimum absolute atomic E-state index is 0.0869. The smallest absolute Gasteiger partial charge is 0.333 e. The molecule has 0 unspecified atom stereocenters. The third kappa shape index (κ3) is 1.21. The van der Waals surface area contributed by atoms with E-state index in [4.69, 9.17) is 9.47 Å². The number of rotatable bonds is 2. The fourth-order valence-electron chi connectivity index (χ4n) is 4.41. The molecule has 3 aliphatic carbocycles. The maximum absolute atomic E-state index is 12.1. The van der Waals surface area contributed by atoms with Gasteiger partial charge in [-0.25, -0.2) is 4.79 Å². The summed E-state index contributed by atoms with van der Waals surface area (Å²) in [6, 6.07) is 0. The summed E-state index contributed by atoms with van der Waals surface area (Å²) >= 11 is 0. The Morgan fingerprint density at radius 2 is 2.00 bits per heavy atom. The predicted octanol–water partition coefficient (Wildman–Crippen LogP) is 1.84. The lowest BCUT2D eigenvalue weighted by atomic mass is 9.55. The molecule has 18 heavy (non-hydrogen) atoms. The second-order valence-electron chi connectivity index (χ2n) is 5.55. The van der Waals surface area contributed by atoms with Crippen LogP contribution in [0.25, 0.3) is 0 Å². The molecule has 3 atom stereocenters. The highest BCUT2D eigenvalue weighted by atomic mass is 16.5. The van der Waals surface area contributed by atoms with Crippen molar-refractivity contribution in [3.05, 3.63) is 11.1 Å². The lowest BCUT2D eigenvalue weighted by molar-refractivity contribution is -0.157. The number of hydrogen-bond donors (Lipinski definition) is 0. The highest BCUT2D eigenvalue weighted by Crippen LogP contribution is 2.66. The minimum atomic E-state index is -0.343. The summed E-state index contributed by atoms with van der Waals surface area (Å²) in [6.07, 6.45) is 4.56. The van der Waals surface area contributed by atoms with Crippen LogP contribution >= 0.6 is 0 Å². The molecule has 0 bridgehead atoms. The molecule has 0 aromatic rings. The average molecular weight is 250 g/mol. The van der Waals surface area contributed by atoms with Gasteiger partial charge in [0.15, 0.2) is 0 Å². The highest BCUT2D eigenvalue weighted by Gasteiger charge is 2.63. The van der Waals surface area contributed by atoms with Gasteiger partial charge in [0.05, 0.1) is 19.6 Å². The van der Waals surface area contributed by atoms with E-state index in [0.29, 0.717) is 0 Å². The number of carbonyl (C=O) groups excluding carboxylic acids is 2. The predicted molar refractivity (Wildman–Crippen MR) is 63.6 cm³/mol. The van der Waals surface area contributed by atoms with Gasteiger partial charge >= 0.3 is 11.9 Å². The van der Waals surface area contributed by atoms with Gasteiger partial charge in [0.25, 0.3) is 0 Å². The van der Waals surface area contributed by atoms with E-state index in [0.717, 1.165) is 37.7 Å². The van der Waals surface area contributed by atoms with Crippen molar-refractivity contribution in [3.63, 3.8) is 0 Å². The van der Waals surface area contributed by atoms with Crippen molar-refractivity contribution in [1.82, 2.24) is 0 Å². The zero-order valence-electron chi connectivity index (χ0n) is 10.8. The van der Waals surface area contributed by atoms with Crippen LogP contribution in [0.2, 0.25) is 0 Å². The molecule has 0 aliphatic heterocycles. The second-order valence-corrected chi connectivity index (χ2v) is 5.55. The van der Waals surface area contributed by atoms with Crippen molar-refractivity contribution in [2.45, 2.75) is 32.1 Å². The van der Waals surface area contributed by atoms with E-state index < -0.39 is 0 Å². The first-order chi connectivity index (χ1) is 8.65. The second kappa shape index (κ2) is 3.84. The van der Waals surface area contributed by atoms with Crippen molar-refractivity contribution in [2.24, 2.45) is 17.3 Å². The molecule has 2 fully saturated rings. The van der Waals surface area contributed by atoms with Crippen LogP contribution in [0.4, 0.5) is 0 Å². The third-order valence-electron chi connectivity index (χ3n) is 5.06. The fourth-order valence-corrected chi connectivity index (χ4v) is 4.41. The van der Waals surface area contributed by atoms with Crippen molar-refractivity contribution < 1.29 is 19.1 Å². The molecule has 0 aromatic carbocycles. The van der Waals surface area contributed by atoms with E-state index in [-0.39, 0.29) is 29.2 Å². The number of methoxy groups -OCH3 is 2. The van der Waals surface area contributed by atoms with E-state index in [9.17, 15) is 9.59 Å². The Bertz CT molecular complexity index is 451. The molecule has 4 heteroatoms. The van der Waals surface area contributed by atoms with E-state index in [1.54, 1.807) is 0 Å². The third-order valence-corrected chi connectivity index (χ3v) is 5.06. The number of ether oxygens (including phenoxy) is 2. The molecule has 0 amide bonds. The van der Waals surface area contributed by atoms with Crippen LogP contribution in [0.15, 0.2) is 11.1 Å². The molecule has 0 saturated heterocycles. The number of carbonyl (C=O) groups is 2. The topological polar surface area (TPSA) is 52.6 Å². The van der Waals surface area contributed by atoms with Crippen LogP contribution in [0, 0.1) is 17.3 Å². The van der Waals surface area contributed by atoms with Crippen LogP contribution in [0.1, 0.15) is 32.1 Å². The molecule has 3 aliphatic rings. The van der Waals surface area contributed by atoms with Crippen LogP contribution in [0.5, 0.6) is 0 Å². The average Bonchev–Trinajstić information content (AvgIpc) is 2.75. The summed E-state index contributed by atoms with van der Waals surface area (Å²) in [5.74, 6) is 0.185. The lowest BCUT2D eigenvalue weighted by Gasteiger charge is -2.47. The fraction of sp³-hybridized carbons (Fsp3) is 0.714. The molecular weight excluding hydrogens is 232 g/mol. The van der Waals surface area contributed by atoms with Crippen molar-refractivity contribution in [3.8, 4) is 0 Å². The van der Waals surface area contributed by atoms with E-state index >= 15 is 0 Å². The Labute approximate surface area is 106 Å². The van der Waals surface area contributed by atoms with Gasteiger partial charge in [-0.1, -0.05) is 5.57 Å². The molecule has 0 spiro atoms. The molecule has 3 rings (SSSR count). The lowest BCUT2D eigenvalue weighted by Crippen LogP contribution is -2.47. The minimum Gasteiger partial charge on any atom is -0.469 e. The zero-order valence-corrected chi connectivity index (χ0v) is 10.8. The molecule has 0 aromatic heterocycles. The Morgan fingerprint density at radius 3 is 2.67 bits per heavy atom. The first kappa shape index (κ1) is 11.8. The van der Waals surface area contributed by atoms with Crippen LogP contribution in [-0.2, 0) is 19.1 Å². The highest BCUT2D eigenvalue weighted by molar-refractivity contribution is 5.94. The van der Waals surface area contributed by atoms with Crippen LogP contribution < -0.4 is 0 Å². The van der Waals surface area contributed by atoms with Crippen molar-refractivity contribution in [1.29, 1.82) is 0 Å². The van der Waals surface area contributed by atoms with Gasteiger partial charge in [-0.2, -0.15) is 0 Å². The molecule has 4 nitrogen and oxygen atoms in total. The first-order valence-corrected chi connectivity index (χ1v) is 6.55. The zero-order chi connectivity index (χ0) is 12.9. The Morgan fingerprint density at radius 1 is 1.22 bits per heavy atom. The SMILES string of the molecule is COC(=O)C1=C2CCC[C@@]3(C(=O)OC)CC[C@@H]1[C@@H]23. The molecule has 0 radical (unpaired) electrons. The van der Waals surface area contributed by atoms with E-state index in [1.807, 2.05) is 0 Å². The van der Waals surface area contributed by atoms with Crippen molar-refractivity contribution in [2.75, 3.05) is 14.2 Å². The summed E-state index contributed by atoms with van der Waals surface area (Å²) in [4.78, 5) is 23.9. The summed E-state index contributed by atoms with van der Waals surface area (Å²) in [5.41, 5.74) is 1.68. The first-order valence-electron chi connectivity index (χ1n) is 6.55. The van der Waals surface area contributed by atoms with Gasteiger partial charge < -0.3 is 9.47 Å². The van der Waals surface area contributed by atoms with Crippen molar-refractivity contribution >= 4 is 11.9 Å². The van der Waals surface area contributed by atoms with E-state index in [2.05, 4.69) is 0 Å². The van der Waals surface area contributed by atoms with Gasteiger partial charge in [0, 0.05) is 11.5 Å². The largest absolute Gasteiger partial charge is 0.469 e. The molecular formula is C14H18O4. The maximum Gasteiger partial charge on any atom is 0.333 e. The Hall–Kier alpha value is -1.32. The normalized spacial score (nSPS) is 36.8. The Balaban J connectivity index is 2.00. The van der Waals surface area contributed by atoms with Gasteiger partial charge in [0.1, 0.15) is 0 Å². The number of allylic oxidation sites excluding steroid dienone is 1. The van der Waals surface area contributed by atoms with Gasteiger partial charge in [0.2, 0.25) is 0 Å². The molecule has 98 valence electrons. The summed E-state index contributed by atoms with van der Waals surface area (Å²) < 4.78 is 9.87.